The summed E-state index contributed by atoms with van der Waals surface area (Å²) in [4.78, 5) is 27.4. The Bertz CT molecular complexity index is 1080. The number of carbonyl (C=O) groups is 1. The van der Waals surface area contributed by atoms with Gasteiger partial charge in [-0.1, -0.05) is 29.8 Å². The smallest absolute Gasteiger partial charge is 0.326 e. The molecule has 1 aromatic heterocycles. The van der Waals surface area contributed by atoms with Crippen LogP contribution in [0.5, 0.6) is 0 Å². The first-order chi connectivity index (χ1) is 13.5. The predicted octanol–water partition coefficient (Wildman–Crippen LogP) is 3.00. The van der Waals surface area contributed by atoms with Crippen LogP contribution in [0.4, 0.5) is 0 Å². The molecule has 0 spiro atoms. The molecule has 4 rings (SSSR count). The predicted molar refractivity (Wildman–Crippen MR) is 109 cm³/mol. The Morgan fingerprint density at radius 3 is 2.75 bits per heavy atom. The normalized spacial score (nSPS) is 16.2. The maximum absolute atomic E-state index is 12.8. The Labute approximate surface area is 167 Å². The second kappa shape index (κ2) is 7.45. The number of aryl methyl sites for hydroxylation is 1. The fourth-order valence-corrected chi connectivity index (χ4v) is 4.25. The molecule has 0 saturated carbocycles. The van der Waals surface area contributed by atoms with Crippen LogP contribution in [0.25, 0.3) is 11.0 Å². The Balaban J connectivity index is 1.59. The highest BCUT2D eigenvalue weighted by Crippen LogP contribution is 2.38. The van der Waals surface area contributed by atoms with Gasteiger partial charge in [0.1, 0.15) is 0 Å². The van der Waals surface area contributed by atoms with Gasteiger partial charge in [-0.25, -0.2) is 4.79 Å². The summed E-state index contributed by atoms with van der Waals surface area (Å²) in [5.41, 5.74) is 2.52. The van der Waals surface area contributed by atoms with E-state index in [2.05, 4.69) is 10.3 Å². The van der Waals surface area contributed by atoms with E-state index < -0.39 is 0 Å². The maximum Gasteiger partial charge on any atom is 0.326 e. The molecular weight excluding hydrogens is 378 g/mol. The van der Waals surface area contributed by atoms with E-state index in [-0.39, 0.29) is 17.0 Å². The molecule has 1 amide bonds. The Morgan fingerprint density at radius 2 is 2.00 bits per heavy atom. The number of hydrogen-bond donors (Lipinski definition) is 2. The Kier molecular flexibility index (Phi) is 5.00. The van der Waals surface area contributed by atoms with Crippen molar-refractivity contribution in [2.45, 2.75) is 18.3 Å². The topological polar surface area (TPSA) is 76.1 Å². The van der Waals surface area contributed by atoms with E-state index in [1.165, 1.54) is 4.57 Å². The minimum absolute atomic E-state index is 0.173. The van der Waals surface area contributed by atoms with E-state index in [1.54, 1.807) is 25.2 Å². The van der Waals surface area contributed by atoms with E-state index >= 15 is 0 Å². The van der Waals surface area contributed by atoms with Gasteiger partial charge in [-0.05, 0) is 42.7 Å². The van der Waals surface area contributed by atoms with Gasteiger partial charge in [-0.3, -0.25) is 9.36 Å². The van der Waals surface area contributed by atoms with Gasteiger partial charge in [0.2, 0.25) is 0 Å². The number of H-pyrrole nitrogens is 1. The third-order valence-electron chi connectivity index (χ3n) is 5.65. The standard InChI is InChI=1S/C21H22ClN3O3/c1-25-18-12-14(6-7-17(18)24-20(25)27)19(26)23-13-21(8-10-28-11-9-21)15-4-2-3-5-16(15)22/h2-7,12H,8-11,13H2,1H3,(H,23,26)(H,24,27). The summed E-state index contributed by atoms with van der Waals surface area (Å²) in [5.74, 6) is -0.173. The van der Waals surface area contributed by atoms with Crippen LogP contribution in [0.2, 0.25) is 5.02 Å². The van der Waals surface area contributed by atoms with E-state index in [0.29, 0.717) is 41.4 Å². The number of aromatic nitrogens is 2. The largest absolute Gasteiger partial charge is 0.381 e. The molecule has 28 heavy (non-hydrogen) atoms. The molecule has 1 aliphatic rings. The number of aromatic amines is 1. The van der Waals surface area contributed by atoms with E-state index in [4.69, 9.17) is 16.3 Å². The van der Waals surface area contributed by atoms with E-state index in [0.717, 1.165) is 18.4 Å². The SMILES string of the molecule is Cn1c(=O)[nH]c2ccc(C(=O)NCC3(c4ccccc4Cl)CCOCC3)cc21. The minimum Gasteiger partial charge on any atom is -0.381 e. The van der Waals surface area contributed by atoms with Crippen LogP contribution in [-0.4, -0.2) is 35.2 Å². The van der Waals surface area contributed by atoms with Gasteiger partial charge in [0.15, 0.2) is 0 Å². The van der Waals surface area contributed by atoms with Crippen LogP contribution in [-0.2, 0) is 17.2 Å². The first-order valence-corrected chi connectivity index (χ1v) is 9.68. The Hall–Kier alpha value is -2.57. The molecule has 0 bridgehead atoms. The fraction of sp³-hybridized carbons (Fsp3) is 0.333. The van der Waals surface area contributed by atoms with Gasteiger partial charge in [0.25, 0.3) is 5.91 Å². The highest BCUT2D eigenvalue weighted by atomic mass is 35.5. The van der Waals surface area contributed by atoms with Gasteiger partial charge in [-0.15, -0.1) is 0 Å². The van der Waals surface area contributed by atoms with E-state index in [9.17, 15) is 9.59 Å². The number of rotatable bonds is 4. The summed E-state index contributed by atoms with van der Waals surface area (Å²) in [6.07, 6.45) is 1.59. The zero-order valence-corrected chi connectivity index (χ0v) is 16.4. The van der Waals surface area contributed by atoms with Crippen LogP contribution in [0.3, 0.4) is 0 Å². The molecule has 0 unspecified atom stereocenters. The molecule has 6 nitrogen and oxygen atoms in total. The van der Waals surface area contributed by atoms with Crippen LogP contribution >= 0.6 is 11.6 Å². The van der Waals surface area contributed by atoms with Gasteiger partial charge in [0.05, 0.1) is 11.0 Å². The van der Waals surface area contributed by atoms with Crippen molar-refractivity contribution in [1.82, 2.24) is 14.9 Å². The first kappa shape index (κ1) is 18.8. The molecule has 7 heteroatoms. The summed E-state index contributed by atoms with van der Waals surface area (Å²) in [5, 5.41) is 3.79. The van der Waals surface area contributed by atoms with Crippen LogP contribution in [0, 0.1) is 0 Å². The zero-order chi connectivity index (χ0) is 19.7. The second-order valence-electron chi connectivity index (χ2n) is 7.28. The molecule has 2 heterocycles. The quantitative estimate of drug-likeness (QED) is 0.708. The molecule has 146 valence electrons. The molecule has 1 fully saturated rings. The molecule has 2 N–H and O–H groups in total. The number of nitrogens with one attached hydrogen (secondary N) is 2. The fourth-order valence-electron chi connectivity index (χ4n) is 3.91. The molecule has 0 atom stereocenters. The first-order valence-electron chi connectivity index (χ1n) is 9.30. The van der Waals surface area contributed by atoms with Crippen LogP contribution in [0.15, 0.2) is 47.3 Å². The number of ether oxygens (including phenoxy) is 1. The molecule has 3 aromatic rings. The number of benzene rings is 2. The maximum atomic E-state index is 12.8. The molecule has 0 radical (unpaired) electrons. The number of nitrogens with zero attached hydrogens (tertiary/aromatic N) is 1. The van der Waals surface area contributed by atoms with Crippen molar-refractivity contribution >= 4 is 28.5 Å². The molecular formula is C21H22ClN3O3. The lowest BCUT2D eigenvalue weighted by atomic mass is 9.74. The molecule has 1 aliphatic heterocycles. The van der Waals surface area contributed by atoms with Crippen molar-refractivity contribution in [3.63, 3.8) is 0 Å². The summed E-state index contributed by atoms with van der Waals surface area (Å²) >= 11 is 6.48. The second-order valence-corrected chi connectivity index (χ2v) is 7.68. The van der Waals surface area contributed by atoms with Crippen LogP contribution < -0.4 is 11.0 Å². The highest BCUT2D eigenvalue weighted by molar-refractivity contribution is 6.31. The van der Waals surface area contributed by atoms with Crippen LogP contribution in [0.1, 0.15) is 28.8 Å². The van der Waals surface area contributed by atoms with Crippen molar-refractivity contribution in [2.75, 3.05) is 19.8 Å². The number of fused-ring (bicyclic) bond motifs is 1. The van der Waals surface area contributed by atoms with E-state index in [1.807, 2.05) is 24.3 Å². The average Bonchev–Trinajstić information content (AvgIpc) is 3.00. The lowest BCUT2D eigenvalue weighted by molar-refractivity contribution is 0.0487. The van der Waals surface area contributed by atoms with Crippen molar-refractivity contribution in [3.8, 4) is 0 Å². The Morgan fingerprint density at radius 1 is 1.25 bits per heavy atom. The number of amides is 1. The van der Waals surface area contributed by atoms with Gasteiger partial charge in [-0.2, -0.15) is 0 Å². The third kappa shape index (κ3) is 3.34. The molecule has 1 saturated heterocycles. The van der Waals surface area contributed by atoms with Crippen molar-refractivity contribution in [3.05, 3.63) is 69.1 Å². The average molecular weight is 400 g/mol. The number of carbonyl (C=O) groups excluding carboxylic acids is 1. The van der Waals surface area contributed by atoms with Crippen molar-refractivity contribution < 1.29 is 9.53 Å². The number of hydrogen-bond acceptors (Lipinski definition) is 3. The molecule has 2 aromatic carbocycles. The highest BCUT2D eigenvalue weighted by Gasteiger charge is 2.36. The summed E-state index contributed by atoms with van der Waals surface area (Å²) in [6.45, 7) is 1.75. The van der Waals surface area contributed by atoms with Gasteiger partial charge in [0, 0.05) is 42.8 Å². The lowest BCUT2D eigenvalue weighted by Crippen LogP contribution is -2.44. The van der Waals surface area contributed by atoms with Gasteiger partial charge >= 0.3 is 5.69 Å². The number of halogens is 1. The summed E-state index contributed by atoms with van der Waals surface area (Å²) in [7, 11) is 1.68. The lowest BCUT2D eigenvalue weighted by Gasteiger charge is -2.38. The summed E-state index contributed by atoms with van der Waals surface area (Å²) in [6, 6.07) is 13.0. The molecule has 0 aliphatic carbocycles. The van der Waals surface area contributed by atoms with Crippen molar-refractivity contribution in [1.29, 1.82) is 0 Å². The summed E-state index contributed by atoms with van der Waals surface area (Å²) < 4.78 is 7.05. The monoisotopic (exact) mass is 399 g/mol. The minimum atomic E-state index is -0.253. The zero-order valence-electron chi connectivity index (χ0n) is 15.6. The van der Waals surface area contributed by atoms with Crippen molar-refractivity contribution in [2.24, 2.45) is 7.05 Å². The van der Waals surface area contributed by atoms with Gasteiger partial charge < -0.3 is 15.0 Å². The number of imidazole rings is 1. The third-order valence-corrected chi connectivity index (χ3v) is 5.98.